The van der Waals surface area contributed by atoms with Gasteiger partial charge in [-0.2, -0.15) is 0 Å². The summed E-state index contributed by atoms with van der Waals surface area (Å²) < 4.78 is 4.96. The maximum absolute atomic E-state index is 12.4. The number of amides is 1. The van der Waals surface area contributed by atoms with Gasteiger partial charge in [0.1, 0.15) is 23.1 Å². The van der Waals surface area contributed by atoms with Crippen molar-refractivity contribution in [1.29, 1.82) is 0 Å². The van der Waals surface area contributed by atoms with E-state index in [1.54, 1.807) is 26.0 Å². The lowest BCUT2D eigenvalue weighted by atomic mass is 10.2. The summed E-state index contributed by atoms with van der Waals surface area (Å²) in [6.07, 6.45) is 0. The first-order valence-electron chi connectivity index (χ1n) is 9.21. The molecular weight excluding hydrogens is 356 g/mol. The molecule has 2 aromatic heterocycles. The number of aryl methyl sites for hydroxylation is 2. The van der Waals surface area contributed by atoms with Gasteiger partial charge < -0.3 is 20.1 Å². The van der Waals surface area contributed by atoms with Crippen molar-refractivity contribution in [3.63, 3.8) is 0 Å². The molecule has 0 aliphatic carbocycles. The molecular formula is C20H24N6O2. The standard InChI is InChI=1S/C20H24N6O2/c1-5-26(6-2)16-9-7-15(8-10-16)23-18-12-17(21-14(4)22-18)20(27)24-19-11-13(3)28-25-19/h7-12H,5-6H2,1-4H3,(H,21,22,23)(H,24,25,27). The molecule has 1 aromatic carbocycles. The van der Waals surface area contributed by atoms with Crippen LogP contribution in [0.4, 0.5) is 23.0 Å². The minimum Gasteiger partial charge on any atom is -0.372 e. The van der Waals surface area contributed by atoms with Gasteiger partial charge in [-0.05, 0) is 52.0 Å². The van der Waals surface area contributed by atoms with E-state index in [1.807, 2.05) is 12.1 Å². The molecule has 0 saturated heterocycles. The Kier molecular flexibility index (Phi) is 5.88. The summed E-state index contributed by atoms with van der Waals surface area (Å²) in [5.41, 5.74) is 2.29. The van der Waals surface area contributed by atoms with Gasteiger partial charge in [0.15, 0.2) is 5.82 Å². The third-order valence-electron chi connectivity index (χ3n) is 4.21. The summed E-state index contributed by atoms with van der Waals surface area (Å²) in [5.74, 6) is 1.62. The topological polar surface area (TPSA) is 96.2 Å². The molecule has 28 heavy (non-hydrogen) atoms. The molecule has 1 amide bonds. The van der Waals surface area contributed by atoms with Crippen LogP contribution in [-0.2, 0) is 0 Å². The Labute approximate surface area is 164 Å². The van der Waals surface area contributed by atoms with E-state index in [4.69, 9.17) is 4.52 Å². The monoisotopic (exact) mass is 380 g/mol. The molecule has 0 aliphatic heterocycles. The molecule has 8 heteroatoms. The van der Waals surface area contributed by atoms with Crippen LogP contribution in [-0.4, -0.2) is 34.1 Å². The fraction of sp³-hybridized carbons (Fsp3) is 0.300. The molecule has 0 saturated carbocycles. The van der Waals surface area contributed by atoms with Crippen LogP contribution in [0.5, 0.6) is 0 Å². The van der Waals surface area contributed by atoms with Crippen molar-refractivity contribution >= 4 is 28.9 Å². The van der Waals surface area contributed by atoms with E-state index < -0.39 is 0 Å². The first-order valence-corrected chi connectivity index (χ1v) is 9.21. The molecule has 8 nitrogen and oxygen atoms in total. The second kappa shape index (κ2) is 8.51. The quantitative estimate of drug-likeness (QED) is 0.641. The fourth-order valence-corrected chi connectivity index (χ4v) is 2.85. The van der Waals surface area contributed by atoms with E-state index in [9.17, 15) is 4.79 Å². The lowest BCUT2D eigenvalue weighted by Gasteiger charge is -2.21. The number of aromatic nitrogens is 3. The summed E-state index contributed by atoms with van der Waals surface area (Å²) in [4.78, 5) is 23.3. The van der Waals surface area contributed by atoms with E-state index in [-0.39, 0.29) is 11.6 Å². The molecule has 0 bridgehead atoms. The fourth-order valence-electron chi connectivity index (χ4n) is 2.85. The molecule has 0 fully saturated rings. The third-order valence-corrected chi connectivity index (χ3v) is 4.21. The number of nitrogens with zero attached hydrogens (tertiary/aromatic N) is 4. The van der Waals surface area contributed by atoms with Gasteiger partial charge in [-0.3, -0.25) is 4.79 Å². The summed E-state index contributed by atoms with van der Waals surface area (Å²) in [5, 5.41) is 9.65. The predicted octanol–water partition coefficient (Wildman–Crippen LogP) is 3.92. The van der Waals surface area contributed by atoms with Crippen molar-refractivity contribution in [3.8, 4) is 0 Å². The van der Waals surface area contributed by atoms with Gasteiger partial charge in [0.05, 0.1) is 0 Å². The zero-order chi connectivity index (χ0) is 20.1. The number of benzene rings is 1. The highest BCUT2D eigenvalue weighted by molar-refractivity contribution is 6.02. The SMILES string of the molecule is CCN(CC)c1ccc(Nc2cc(C(=O)Nc3cc(C)on3)nc(C)n2)cc1. The Morgan fingerprint density at radius 3 is 2.36 bits per heavy atom. The van der Waals surface area contributed by atoms with Gasteiger partial charge in [-0.25, -0.2) is 9.97 Å². The Hall–Kier alpha value is -3.42. The van der Waals surface area contributed by atoms with E-state index in [0.29, 0.717) is 23.2 Å². The molecule has 0 atom stereocenters. The number of hydrogen-bond acceptors (Lipinski definition) is 7. The molecule has 0 unspecified atom stereocenters. The van der Waals surface area contributed by atoms with Crippen LogP contribution < -0.4 is 15.5 Å². The number of rotatable bonds is 7. The maximum Gasteiger partial charge on any atom is 0.275 e. The smallest absolute Gasteiger partial charge is 0.275 e. The predicted molar refractivity (Wildman–Crippen MR) is 109 cm³/mol. The van der Waals surface area contributed by atoms with E-state index in [0.717, 1.165) is 24.5 Å². The van der Waals surface area contributed by atoms with Crippen LogP contribution in [0.25, 0.3) is 0 Å². The number of nitrogens with one attached hydrogen (secondary N) is 2. The van der Waals surface area contributed by atoms with Crippen molar-refractivity contribution in [3.05, 3.63) is 53.7 Å². The largest absolute Gasteiger partial charge is 0.372 e. The van der Waals surface area contributed by atoms with Gasteiger partial charge in [0.25, 0.3) is 5.91 Å². The van der Waals surface area contributed by atoms with Crippen LogP contribution in [0.3, 0.4) is 0 Å². The molecule has 146 valence electrons. The Morgan fingerprint density at radius 1 is 1.04 bits per heavy atom. The maximum atomic E-state index is 12.4. The zero-order valence-corrected chi connectivity index (χ0v) is 16.5. The molecule has 0 radical (unpaired) electrons. The van der Waals surface area contributed by atoms with Crippen LogP contribution in [0.1, 0.15) is 35.9 Å². The van der Waals surface area contributed by atoms with E-state index in [2.05, 4.69) is 56.6 Å². The highest BCUT2D eigenvalue weighted by Gasteiger charge is 2.13. The normalized spacial score (nSPS) is 10.6. The number of anilines is 4. The zero-order valence-electron chi connectivity index (χ0n) is 16.5. The minimum absolute atomic E-state index is 0.246. The Bertz CT molecular complexity index is 948. The van der Waals surface area contributed by atoms with Crippen LogP contribution in [0, 0.1) is 13.8 Å². The van der Waals surface area contributed by atoms with E-state index in [1.165, 1.54) is 0 Å². The number of carbonyl (C=O) groups excluding carboxylic acids is 1. The van der Waals surface area contributed by atoms with E-state index >= 15 is 0 Å². The first kappa shape index (κ1) is 19.3. The molecule has 2 N–H and O–H groups in total. The summed E-state index contributed by atoms with van der Waals surface area (Å²) >= 11 is 0. The lowest BCUT2D eigenvalue weighted by molar-refractivity contribution is 0.102. The summed E-state index contributed by atoms with van der Waals surface area (Å²) in [6, 6.07) is 11.3. The average Bonchev–Trinajstić information content (AvgIpc) is 3.08. The Morgan fingerprint density at radius 2 is 1.75 bits per heavy atom. The third kappa shape index (κ3) is 4.64. The molecule has 3 rings (SSSR count). The second-order valence-electron chi connectivity index (χ2n) is 6.31. The lowest BCUT2D eigenvalue weighted by Crippen LogP contribution is -2.21. The van der Waals surface area contributed by atoms with Crippen molar-refractivity contribution in [2.24, 2.45) is 0 Å². The molecule has 3 aromatic rings. The van der Waals surface area contributed by atoms with Crippen molar-refractivity contribution < 1.29 is 9.32 Å². The summed E-state index contributed by atoms with van der Waals surface area (Å²) in [7, 11) is 0. The molecule has 2 heterocycles. The highest BCUT2D eigenvalue weighted by atomic mass is 16.5. The second-order valence-corrected chi connectivity index (χ2v) is 6.31. The highest BCUT2D eigenvalue weighted by Crippen LogP contribution is 2.21. The van der Waals surface area contributed by atoms with Gasteiger partial charge in [-0.15, -0.1) is 0 Å². The van der Waals surface area contributed by atoms with Crippen molar-refractivity contribution in [2.45, 2.75) is 27.7 Å². The average molecular weight is 380 g/mol. The van der Waals surface area contributed by atoms with Gasteiger partial charge >= 0.3 is 0 Å². The summed E-state index contributed by atoms with van der Waals surface area (Å²) in [6.45, 7) is 9.67. The van der Waals surface area contributed by atoms with Crippen LogP contribution in [0.2, 0.25) is 0 Å². The molecule has 0 spiro atoms. The number of hydrogen-bond donors (Lipinski definition) is 2. The minimum atomic E-state index is -0.376. The molecule has 0 aliphatic rings. The van der Waals surface area contributed by atoms with Crippen molar-refractivity contribution in [1.82, 2.24) is 15.1 Å². The first-order chi connectivity index (χ1) is 13.5. The van der Waals surface area contributed by atoms with Crippen molar-refractivity contribution in [2.75, 3.05) is 28.6 Å². The number of carbonyl (C=O) groups is 1. The van der Waals surface area contributed by atoms with Gasteiger partial charge in [0.2, 0.25) is 0 Å². The van der Waals surface area contributed by atoms with Crippen LogP contribution >= 0.6 is 0 Å². The van der Waals surface area contributed by atoms with Crippen LogP contribution in [0.15, 0.2) is 40.9 Å². The Balaban J connectivity index is 1.75. The van der Waals surface area contributed by atoms with Gasteiger partial charge in [-0.1, -0.05) is 5.16 Å². The van der Waals surface area contributed by atoms with Gasteiger partial charge in [0, 0.05) is 36.6 Å².